The normalized spacial score (nSPS) is 15.4. The number of esters is 1. The Hall–Kier alpha value is -1.33. The Morgan fingerprint density at radius 3 is 3.12 bits per heavy atom. The summed E-state index contributed by atoms with van der Waals surface area (Å²) >= 11 is 1.49. The van der Waals surface area contributed by atoms with Crippen LogP contribution in [0.5, 0.6) is 0 Å². The fourth-order valence-corrected chi connectivity index (χ4v) is 3.29. The molecule has 17 heavy (non-hydrogen) atoms. The Balaban J connectivity index is 2.30. The monoisotopic (exact) mass is 252 g/mol. The average Bonchev–Trinajstić information content (AvgIpc) is 2.64. The van der Waals surface area contributed by atoms with Gasteiger partial charge in [0, 0.05) is 24.5 Å². The third-order valence-corrected chi connectivity index (χ3v) is 3.99. The fourth-order valence-electron chi connectivity index (χ4n) is 2.14. The van der Waals surface area contributed by atoms with Crippen LogP contribution in [0.15, 0.2) is 12.7 Å². The number of carbonyl (C=O) groups excluding carboxylic acids is 1. The number of rotatable bonds is 3. The predicted octanol–water partition coefficient (Wildman–Crippen LogP) is 1.66. The Labute approximate surface area is 105 Å². The summed E-state index contributed by atoms with van der Waals surface area (Å²) in [6.45, 7) is 6.37. The third kappa shape index (κ3) is 2.21. The smallest absolute Gasteiger partial charge is 0.341 e. The van der Waals surface area contributed by atoms with E-state index in [2.05, 4.69) is 11.5 Å². The first kappa shape index (κ1) is 12.1. The molecule has 0 fully saturated rings. The van der Waals surface area contributed by atoms with Crippen molar-refractivity contribution in [2.24, 2.45) is 0 Å². The molecule has 2 rings (SSSR count). The molecule has 0 spiro atoms. The van der Waals surface area contributed by atoms with Crippen LogP contribution in [0.2, 0.25) is 0 Å². The molecule has 0 amide bonds. The highest BCUT2D eigenvalue weighted by Crippen LogP contribution is 2.35. The van der Waals surface area contributed by atoms with Gasteiger partial charge in [0.2, 0.25) is 0 Å². The van der Waals surface area contributed by atoms with Crippen LogP contribution in [-0.4, -0.2) is 31.1 Å². The Morgan fingerprint density at radius 2 is 2.47 bits per heavy atom. The van der Waals surface area contributed by atoms with Gasteiger partial charge in [0.25, 0.3) is 0 Å². The Morgan fingerprint density at radius 1 is 1.71 bits per heavy atom. The van der Waals surface area contributed by atoms with Crippen LogP contribution >= 0.6 is 11.3 Å². The van der Waals surface area contributed by atoms with Gasteiger partial charge < -0.3 is 10.5 Å². The Kier molecular flexibility index (Phi) is 3.49. The molecule has 0 atom stereocenters. The molecule has 0 aliphatic carbocycles. The number of ether oxygens (including phenoxy) is 1. The van der Waals surface area contributed by atoms with Crippen LogP contribution < -0.4 is 5.73 Å². The van der Waals surface area contributed by atoms with Crippen molar-refractivity contribution in [2.75, 3.05) is 25.9 Å². The first-order valence-electron chi connectivity index (χ1n) is 5.49. The lowest BCUT2D eigenvalue weighted by Crippen LogP contribution is -2.30. The van der Waals surface area contributed by atoms with Gasteiger partial charge in [-0.2, -0.15) is 0 Å². The summed E-state index contributed by atoms with van der Waals surface area (Å²) in [4.78, 5) is 15.1. The van der Waals surface area contributed by atoms with E-state index in [1.54, 1.807) is 0 Å². The second-order valence-electron chi connectivity index (χ2n) is 4.01. The highest BCUT2D eigenvalue weighted by Gasteiger charge is 2.26. The van der Waals surface area contributed by atoms with Crippen molar-refractivity contribution in [3.05, 3.63) is 28.7 Å². The van der Waals surface area contributed by atoms with Gasteiger partial charge in [0.05, 0.1) is 12.7 Å². The molecule has 1 aliphatic rings. The predicted molar refractivity (Wildman–Crippen MR) is 69.2 cm³/mol. The lowest BCUT2D eigenvalue weighted by molar-refractivity contribution is 0.0600. The number of nitrogens with zero attached hydrogens (tertiary/aromatic N) is 1. The van der Waals surface area contributed by atoms with E-state index in [-0.39, 0.29) is 5.97 Å². The molecule has 4 nitrogen and oxygen atoms in total. The number of hydrogen-bond acceptors (Lipinski definition) is 5. The van der Waals surface area contributed by atoms with Crippen LogP contribution in [0.25, 0.3) is 0 Å². The van der Waals surface area contributed by atoms with Crippen molar-refractivity contribution in [3.8, 4) is 0 Å². The second-order valence-corrected chi connectivity index (χ2v) is 5.15. The maximum atomic E-state index is 11.6. The van der Waals surface area contributed by atoms with Crippen LogP contribution in [0, 0.1) is 0 Å². The summed E-state index contributed by atoms with van der Waals surface area (Å²) in [5.41, 5.74) is 7.54. The maximum Gasteiger partial charge on any atom is 0.341 e. The van der Waals surface area contributed by atoms with Gasteiger partial charge in [-0.05, 0) is 12.0 Å². The number of thiophene rings is 1. The van der Waals surface area contributed by atoms with Crippen molar-refractivity contribution < 1.29 is 9.53 Å². The molecule has 1 aliphatic heterocycles. The topological polar surface area (TPSA) is 55.6 Å². The van der Waals surface area contributed by atoms with E-state index in [1.807, 2.05) is 6.08 Å². The minimum absolute atomic E-state index is 0.322. The molecule has 2 heterocycles. The minimum Gasteiger partial charge on any atom is -0.465 e. The average molecular weight is 252 g/mol. The van der Waals surface area contributed by atoms with Crippen molar-refractivity contribution in [1.29, 1.82) is 0 Å². The van der Waals surface area contributed by atoms with Crippen LogP contribution in [0.4, 0.5) is 5.00 Å². The van der Waals surface area contributed by atoms with Crippen LogP contribution in [0.3, 0.4) is 0 Å². The number of anilines is 1. The van der Waals surface area contributed by atoms with Gasteiger partial charge in [0.15, 0.2) is 0 Å². The van der Waals surface area contributed by atoms with E-state index >= 15 is 0 Å². The first-order chi connectivity index (χ1) is 8.17. The molecule has 5 heteroatoms. The zero-order valence-corrected chi connectivity index (χ0v) is 10.7. The summed E-state index contributed by atoms with van der Waals surface area (Å²) in [5, 5.41) is 0.572. The van der Waals surface area contributed by atoms with Crippen molar-refractivity contribution in [2.45, 2.75) is 13.0 Å². The van der Waals surface area contributed by atoms with E-state index in [0.717, 1.165) is 31.6 Å². The molecule has 0 bridgehead atoms. The minimum atomic E-state index is -0.322. The summed E-state index contributed by atoms with van der Waals surface area (Å²) in [6, 6.07) is 0. The molecule has 2 N–H and O–H groups in total. The molecular weight excluding hydrogens is 236 g/mol. The SMILES string of the molecule is C=CCN1CCc2c(sc(N)c2C(=O)OC)C1. The molecule has 1 aromatic heterocycles. The zero-order valence-electron chi connectivity index (χ0n) is 9.86. The molecule has 0 aromatic carbocycles. The lowest BCUT2D eigenvalue weighted by atomic mass is 10.0. The Bertz CT molecular complexity index is 454. The summed E-state index contributed by atoms with van der Waals surface area (Å²) in [7, 11) is 1.39. The molecule has 0 radical (unpaired) electrons. The van der Waals surface area contributed by atoms with E-state index in [1.165, 1.54) is 23.3 Å². The van der Waals surface area contributed by atoms with Gasteiger partial charge in [-0.1, -0.05) is 6.08 Å². The standard InChI is InChI=1S/C12H16N2O2S/c1-3-5-14-6-4-8-9(7-14)17-11(13)10(8)12(15)16-2/h3H,1,4-7,13H2,2H3. The van der Waals surface area contributed by atoms with Gasteiger partial charge >= 0.3 is 5.97 Å². The zero-order chi connectivity index (χ0) is 12.4. The van der Waals surface area contributed by atoms with Gasteiger partial charge in [0.1, 0.15) is 5.00 Å². The lowest BCUT2D eigenvalue weighted by Gasteiger charge is -2.25. The van der Waals surface area contributed by atoms with E-state index in [0.29, 0.717) is 10.6 Å². The second kappa shape index (κ2) is 4.89. The largest absolute Gasteiger partial charge is 0.465 e. The number of methoxy groups -OCH3 is 1. The number of carbonyl (C=O) groups is 1. The quantitative estimate of drug-likeness (QED) is 0.656. The van der Waals surface area contributed by atoms with E-state index in [4.69, 9.17) is 10.5 Å². The number of fused-ring (bicyclic) bond motifs is 1. The summed E-state index contributed by atoms with van der Waals surface area (Å²) < 4.78 is 4.77. The van der Waals surface area contributed by atoms with Crippen LogP contribution in [-0.2, 0) is 17.7 Å². The maximum absolute atomic E-state index is 11.6. The van der Waals surface area contributed by atoms with Crippen molar-refractivity contribution in [3.63, 3.8) is 0 Å². The molecule has 0 unspecified atom stereocenters. The first-order valence-corrected chi connectivity index (χ1v) is 6.30. The number of nitrogen functional groups attached to an aromatic ring is 1. The third-order valence-electron chi connectivity index (χ3n) is 2.94. The van der Waals surface area contributed by atoms with Gasteiger partial charge in [-0.15, -0.1) is 17.9 Å². The van der Waals surface area contributed by atoms with Gasteiger partial charge in [-0.3, -0.25) is 4.90 Å². The molecule has 1 aromatic rings. The summed E-state index contributed by atoms with van der Waals surface area (Å²) in [5.74, 6) is -0.322. The molecule has 0 saturated carbocycles. The van der Waals surface area contributed by atoms with Crippen molar-refractivity contribution >= 4 is 22.3 Å². The highest BCUT2D eigenvalue weighted by molar-refractivity contribution is 7.16. The number of nitrogens with two attached hydrogens (primary N) is 1. The molecule has 0 saturated heterocycles. The van der Waals surface area contributed by atoms with E-state index in [9.17, 15) is 4.79 Å². The fraction of sp³-hybridized carbons (Fsp3) is 0.417. The number of hydrogen-bond donors (Lipinski definition) is 1. The van der Waals surface area contributed by atoms with E-state index < -0.39 is 0 Å². The summed E-state index contributed by atoms with van der Waals surface area (Å²) in [6.07, 6.45) is 2.74. The van der Waals surface area contributed by atoms with Crippen LogP contribution in [0.1, 0.15) is 20.8 Å². The molecule has 92 valence electrons. The van der Waals surface area contributed by atoms with Crippen molar-refractivity contribution in [1.82, 2.24) is 4.90 Å². The highest BCUT2D eigenvalue weighted by atomic mass is 32.1. The molecular formula is C12H16N2O2S. The van der Waals surface area contributed by atoms with Gasteiger partial charge in [-0.25, -0.2) is 4.79 Å².